The summed E-state index contributed by atoms with van der Waals surface area (Å²) in [5.74, 6) is 1.84. The van der Waals surface area contributed by atoms with Crippen molar-refractivity contribution in [3.63, 3.8) is 0 Å². The quantitative estimate of drug-likeness (QED) is 0.135. The summed E-state index contributed by atoms with van der Waals surface area (Å²) in [6.45, 7) is 4.98. The molecule has 75 heavy (non-hydrogen) atoms. The van der Waals surface area contributed by atoms with Crippen LogP contribution in [0, 0.1) is 0 Å². The molecule has 0 amide bonds. The molecule has 0 unspecified atom stereocenters. The molecule has 0 radical (unpaired) electrons. The van der Waals surface area contributed by atoms with Gasteiger partial charge in [0.15, 0.2) is 11.6 Å². The number of anilines is 3. The Kier molecular flexibility index (Phi) is 10.6. The molecule has 11 aromatic carbocycles. The summed E-state index contributed by atoms with van der Waals surface area (Å²) in [4.78, 5) is 18.2. The number of hydrogen-bond donors (Lipinski definition) is 0. The van der Waals surface area contributed by atoms with E-state index < -0.39 is 8.07 Å². The molecule has 5 nitrogen and oxygen atoms in total. The zero-order valence-electron chi connectivity index (χ0n) is 41.6. The molecule has 0 spiro atoms. The highest BCUT2D eigenvalue weighted by Crippen LogP contribution is 2.45. The molecule has 13 aromatic rings. The Balaban J connectivity index is 0.984. The zero-order valence-corrected chi connectivity index (χ0v) is 42.6. The van der Waals surface area contributed by atoms with Gasteiger partial charge in [-0.25, -0.2) is 4.98 Å². The minimum atomic E-state index is -2.05. The van der Waals surface area contributed by atoms with Crippen LogP contribution in [0.4, 0.5) is 17.1 Å². The van der Waals surface area contributed by atoms with Crippen LogP contribution in [0.15, 0.2) is 261 Å². The van der Waals surface area contributed by atoms with Crippen LogP contribution in [0.3, 0.4) is 0 Å². The fourth-order valence-electron chi connectivity index (χ4n) is 11.6. The topological polar surface area (TPSA) is 46.8 Å². The van der Waals surface area contributed by atoms with Crippen LogP contribution in [0.25, 0.3) is 106 Å². The number of aromatic nitrogens is 4. The van der Waals surface area contributed by atoms with Crippen molar-refractivity contribution >= 4 is 68.1 Å². The Hall–Kier alpha value is -9.49. The summed E-state index contributed by atoms with van der Waals surface area (Å²) in [6, 6.07) is 94.0. The first-order valence-corrected chi connectivity index (χ1v) is 28.7. The van der Waals surface area contributed by atoms with Gasteiger partial charge in [0.25, 0.3) is 0 Å². The molecule has 0 fully saturated rings. The van der Waals surface area contributed by atoms with Crippen molar-refractivity contribution in [2.24, 2.45) is 0 Å². The molecule has 0 aliphatic carbocycles. The molecule has 354 valence electrons. The van der Waals surface area contributed by atoms with Gasteiger partial charge in [0.05, 0.1) is 16.7 Å². The Morgan fingerprint density at radius 1 is 0.320 bits per heavy atom. The van der Waals surface area contributed by atoms with Crippen molar-refractivity contribution in [3.05, 3.63) is 261 Å². The van der Waals surface area contributed by atoms with Crippen LogP contribution in [-0.2, 0) is 0 Å². The fourth-order valence-corrected chi connectivity index (χ4v) is 14.7. The minimum absolute atomic E-state index is 0.584. The lowest BCUT2D eigenvalue weighted by Crippen LogP contribution is -2.49. The van der Waals surface area contributed by atoms with Gasteiger partial charge in [0.2, 0.25) is 5.95 Å². The maximum absolute atomic E-state index is 5.33. The normalized spacial score (nSPS) is 12.5. The number of rotatable bonds is 9. The minimum Gasteiger partial charge on any atom is -0.310 e. The van der Waals surface area contributed by atoms with Gasteiger partial charge in [-0.05, 0) is 109 Å². The molecule has 0 N–H and O–H groups in total. The van der Waals surface area contributed by atoms with E-state index in [9.17, 15) is 0 Å². The van der Waals surface area contributed by atoms with Gasteiger partial charge in [0.1, 0.15) is 8.07 Å². The summed E-state index contributed by atoms with van der Waals surface area (Å²) in [5.41, 5.74) is 16.9. The van der Waals surface area contributed by atoms with Crippen molar-refractivity contribution in [2.75, 3.05) is 4.90 Å². The number of nitrogens with zero attached hydrogens (tertiary/aromatic N) is 5. The molecule has 0 saturated heterocycles. The molecular weight excluding hydrogens is 927 g/mol. The standard InChI is InChI=1S/C69H49N5Si/c1-75(2)65-38-16-15-33-58(65)61-44-64-60(45-66(61)75)59-43-52(39-40-63(59)74(64)69-71-67(48-25-11-5-12-26-48)70-68(72-69)49-27-13-6-14-28-49)55-34-19-36-57-56(55)35-20-37-62(57)73(53-31-17-29-50(41-53)46-21-7-3-8-22-46)54-32-18-30-51(42-54)47-23-9-4-10-24-47/h3-45H,1-2H3. The van der Waals surface area contributed by atoms with Crippen molar-refractivity contribution < 1.29 is 0 Å². The van der Waals surface area contributed by atoms with Crippen molar-refractivity contribution in [2.45, 2.75) is 13.1 Å². The summed E-state index contributed by atoms with van der Waals surface area (Å²) in [6.07, 6.45) is 0. The molecular formula is C69H49N5Si. The van der Waals surface area contributed by atoms with Gasteiger partial charge >= 0.3 is 0 Å². The van der Waals surface area contributed by atoms with Crippen LogP contribution in [0.2, 0.25) is 13.1 Å². The van der Waals surface area contributed by atoms with Gasteiger partial charge in [-0.3, -0.25) is 4.57 Å². The van der Waals surface area contributed by atoms with E-state index in [1.807, 2.05) is 36.4 Å². The molecule has 0 atom stereocenters. The third kappa shape index (κ3) is 7.57. The molecule has 1 aliphatic heterocycles. The third-order valence-corrected chi connectivity index (χ3v) is 18.8. The van der Waals surface area contributed by atoms with Crippen molar-refractivity contribution in [1.82, 2.24) is 19.5 Å². The molecule has 2 aromatic heterocycles. The van der Waals surface area contributed by atoms with Crippen LogP contribution >= 0.6 is 0 Å². The number of benzene rings is 11. The summed E-state index contributed by atoms with van der Waals surface area (Å²) in [7, 11) is -2.05. The largest absolute Gasteiger partial charge is 0.310 e. The van der Waals surface area contributed by atoms with Gasteiger partial charge in [-0.1, -0.05) is 225 Å². The first-order valence-electron chi connectivity index (χ1n) is 25.7. The van der Waals surface area contributed by atoms with Crippen LogP contribution < -0.4 is 15.3 Å². The van der Waals surface area contributed by atoms with Crippen LogP contribution in [0.5, 0.6) is 0 Å². The second kappa shape index (κ2) is 17.9. The first kappa shape index (κ1) is 44.2. The molecule has 0 saturated carbocycles. The van der Waals surface area contributed by atoms with Crippen molar-refractivity contribution in [1.29, 1.82) is 0 Å². The van der Waals surface area contributed by atoms with E-state index in [1.165, 1.54) is 43.4 Å². The maximum atomic E-state index is 5.33. The molecule has 0 bridgehead atoms. The Labute approximate surface area is 437 Å². The highest BCUT2D eigenvalue weighted by molar-refractivity contribution is 7.04. The lowest BCUT2D eigenvalue weighted by molar-refractivity contribution is 0.953. The lowest BCUT2D eigenvalue weighted by Gasteiger charge is -2.28. The van der Waals surface area contributed by atoms with E-state index in [-0.39, 0.29) is 0 Å². The second-order valence-corrected chi connectivity index (χ2v) is 24.3. The highest BCUT2D eigenvalue weighted by atomic mass is 28.3. The number of hydrogen-bond acceptors (Lipinski definition) is 4. The molecule has 3 heterocycles. The van der Waals surface area contributed by atoms with Crippen molar-refractivity contribution in [3.8, 4) is 73.2 Å². The fraction of sp³-hybridized carbons (Fsp3) is 0.0290. The first-order chi connectivity index (χ1) is 36.9. The van der Waals surface area contributed by atoms with Gasteiger partial charge < -0.3 is 4.90 Å². The number of fused-ring (bicyclic) bond motifs is 7. The van der Waals surface area contributed by atoms with Crippen LogP contribution in [-0.4, -0.2) is 27.6 Å². The summed E-state index contributed by atoms with van der Waals surface area (Å²) < 4.78 is 2.27. The SMILES string of the molecule is C[Si]1(C)c2ccccc2-c2cc3c(cc21)c1cc(-c2cccc4c(N(c5cccc(-c6ccccc6)c5)c5cccc(-c6ccccc6)c5)cccc24)ccc1n3-c1nc(-c2ccccc2)nc(-c2ccccc2)n1. The Morgan fingerprint density at radius 3 is 1.45 bits per heavy atom. The predicted octanol–water partition coefficient (Wildman–Crippen LogP) is 16.7. The van der Waals surface area contributed by atoms with Gasteiger partial charge in [0, 0.05) is 38.7 Å². The van der Waals surface area contributed by atoms with Crippen LogP contribution in [0.1, 0.15) is 0 Å². The Bertz CT molecular complexity index is 4180. The highest BCUT2D eigenvalue weighted by Gasteiger charge is 2.38. The summed E-state index contributed by atoms with van der Waals surface area (Å²) >= 11 is 0. The van der Waals surface area contributed by atoms with Gasteiger partial charge in [-0.15, -0.1) is 0 Å². The van der Waals surface area contributed by atoms with E-state index in [4.69, 9.17) is 15.0 Å². The molecule has 1 aliphatic rings. The van der Waals surface area contributed by atoms with E-state index >= 15 is 0 Å². The van der Waals surface area contributed by atoms with E-state index in [1.54, 1.807) is 0 Å². The average molecular weight is 976 g/mol. The molecule has 6 heteroatoms. The maximum Gasteiger partial charge on any atom is 0.238 e. The summed E-state index contributed by atoms with van der Waals surface area (Å²) in [5, 5.41) is 7.59. The lowest BCUT2D eigenvalue weighted by atomic mass is 9.95. The zero-order chi connectivity index (χ0) is 50.0. The average Bonchev–Trinajstić information content (AvgIpc) is 3.93. The van der Waals surface area contributed by atoms with Gasteiger partial charge in [-0.2, -0.15) is 9.97 Å². The monoisotopic (exact) mass is 975 g/mol. The smallest absolute Gasteiger partial charge is 0.238 e. The predicted molar refractivity (Wildman–Crippen MR) is 316 cm³/mol. The Morgan fingerprint density at radius 2 is 0.827 bits per heavy atom. The van der Waals surface area contributed by atoms with E-state index in [0.29, 0.717) is 17.6 Å². The van der Waals surface area contributed by atoms with E-state index in [0.717, 1.165) is 72.2 Å². The van der Waals surface area contributed by atoms with E-state index in [2.05, 4.69) is 247 Å². The third-order valence-electron chi connectivity index (χ3n) is 15.2. The second-order valence-electron chi connectivity index (χ2n) is 20.0. The molecule has 14 rings (SSSR count).